The van der Waals surface area contributed by atoms with Crippen LogP contribution >= 0.6 is 0 Å². The number of rotatable bonds is 9. The third-order valence-electron chi connectivity index (χ3n) is 7.63. The van der Waals surface area contributed by atoms with Gasteiger partial charge in [-0.05, 0) is 54.7 Å². The van der Waals surface area contributed by atoms with E-state index in [1.165, 1.54) is 12.8 Å². The zero-order chi connectivity index (χ0) is 27.5. The Hall–Kier alpha value is -4.42. The molecule has 0 unspecified atom stereocenters. The van der Waals surface area contributed by atoms with Crippen molar-refractivity contribution in [2.24, 2.45) is 0 Å². The van der Waals surface area contributed by atoms with Crippen LogP contribution in [0.2, 0.25) is 0 Å². The molecule has 1 aliphatic heterocycles. The Labute approximate surface area is 234 Å². The van der Waals surface area contributed by atoms with Gasteiger partial charge in [0.1, 0.15) is 24.0 Å². The number of hydrogen-bond donors (Lipinski definition) is 0. The molecule has 2 aromatic carbocycles. The number of pyridine rings is 1. The molecule has 204 valence electrons. The van der Waals surface area contributed by atoms with Crippen LogP contribution in [0.1, 0.15) is 35.1 Å². The molecule has 0 radical (unpaired) electrons. The fourth-order valence-electron chi connectivity index (χ4n) is 5.23. The lowest BCUT2D eigenvalue weighted by atomic mass is 9.98. The first-order valence-electron chi connectivity index (χ1n) is 13.6. The Bertz CT molecular complexity index is 1540. The van der Waals surface area contributed by atoms with Gasteiger partial charge in [0.2, 0.25) is 5.88 Å². The SMILES string of the molecule is COc1ccc(COc2ccc(Cc3ccc4ncc(N5CCN(C6CC6)CC5)nc4c3C#N)cc2OC)cn1. The molecule has 0 spiro atoms. The van der Waals surface area contributed by atoms with Gasteiger partial charge < -0.3 is 19.1 Å². The van der Waals surface area contributed by atoms with Gasteiger partial charge in [-0.25, -0.2) is 9.97 Å². The van der Waals surface area contributed by atoms with Crippen LogP contribution in [-0.4, -0.2) is 66.3 Å². The van der Waals surface area contributed by atoms with E-state index in [4.69, 9.17) is 19.2 Å². The van der Waals surface area contributed by atoms with E-state index in [0.29, 0.717) is 41.5 Å². The van der Waals surface area contributed by atoms with Gasteiger partial charge in [0.25, 0.3) is 0 Å². The Morgan fingerprint density at radius 2 is 1.73 bits per heavy atom. The molecule has 4 aromatic rings. The molecule has 1 saturated carbocycles. The Kier molecular flexibility index (Phi) is 7.34. The zero-order valence-electron chi connectivity index (χ0n) is 22.8. The van der Waals surface area contributed by atoms with Gasteiger partial charge in [-0.3, -0.25) is 9.88 Å². The summed E-state index contributed by atoms with van der Waals surface area (Å²) in [6.07, 6.45) is 6.77. The van der Waals surface area contributed by atoms with E-state index < -0.39 is 0 Å². The number of benzene rings is 2. The van der Waals surface area contributed by atoms with Gasteiger partial charge in [0, 0.05) is 50.0 Å². The van der Waals surface area contributed by atoms with Crippen LogP contribution in [0.25, 0.3) is 11.0 Å². The highest BCUT2D eigenvalue weighted by molar-refractivity contribution is 5.83. The number of anilines is 1. The van der Waals surface area contributed by atoms with Crippen molar-refractivity contribution in [1.29, 1.82) is 5.26 Å². The Morgan fingerprint density at radius 3 is 2.42 bits per heavy atom. The van der Waals surface area contributed by atoms with Crippen molar-refractivity contribution in [1.82, 2.24) is 19.9 Å². The summed E-state index contributed by atoms with van der Waals surface area (Å²) < 4.78 is 16.7. The summed E-state index contributed by atoms with van der Waals surface area (Å²) in [7, 11) is 3.21. The fraction of sp³-hybridized carbons (Fsp3) is 0.355. The number of hydrogen-bond acceptors (Lipinski definition) is 9. The summed E-state index contributed by atoms with van der Waals surface area (Å²) in [5, 5.41) is 10.2. The molecule has 9 nitrogen and oxygen atoms in total. The van der Waals surface area contributed by atoms with Crippen molar-refractivity contribution in [3.05, 3.63) is 77.1 Å². The van der Waals surface area contributed by atoms with Crippen LogP contribution in [-0.2, 0) is 13.0 Å². The number of nitrogens with zero attached hydrogens (tertiary/aromatic N) is 6. The van der Waals surface area contributed by atoms with Crippen molar-refractivity contribution in [2.75, 3.05) is 45.3 Å². The van der Waals surface area contributed by atoms with Crippen molar-refractivity contribution in [3.63, 3.8) is 0 Å². The normalized spacial score (nSPS) is 15.6. The van der Waals surface area contributed by atoms with Crippen LogP contribution in [0.3, 0.4) is 0 Å². The average Bonchev–Trinajstić information content (AvgIpc) is 3.86. The third-order valence-corrected chi connectivity index (χ3v) is 7.63. The number of piperazine rings is 1. The molecule has 0 atom stereocenters. The fourth-order valence-corrected chi connectivity index (χ4v) is 5.23. The summed E-state index contributed by atoms with van der Waals surface area (Å²) in [5.74, 6) is 2.67. The summed E-state index contributed by atoms with van der Waals surface area (Å²) >= 11 is 0. The molecule has 3 heterocycles. The van der Waals surface area contributed by atoms with E-state index >= 15 is 0 Å². The van der Waals surface area contributed by atoms with Crippen LogP contribution in [0.4, 0.5) is 5.82 Å². The molecule has 0 amide bonds. The molecule has 1 saturated heterocycles. The monoisotopic (exact) mass is 536 g/mol. The number of aromatic nitrogens is 3. The quantitative estimate of drug-likeness (QED) is 0.309. The van der Waals surface area contributed by atoms with Gasteiger partial charge in [-0.15, -0.1) is 0 Å². The van der Waals surface area contributed by atoms with Gasteiger partial charge in [0.05, 0.1) is 31.5 Å². The van der Waals surface area contributed by atoms with E-state index in [-0.39, 0.29) is 0 Å². The lowest BCUT2D eigenvalue weighted by Gasteiger charge is -2.35. The van der Waals surface area contributed by atoms with E-state index in [1.807, 2.05) is 42.6 Å². The first kappa shape index (κ1) is 25.8. The predicted molar refractivity (Wildman–Crippen MR) is 152 cm³/mol. The summed E-state index contributed by atoms with van der Waals surface area (Å²) in [6.45, 7) is 4.32. The maximum atomic E-state index is 10.2. The Morgan fingerprint density at radius 1 is 0.900 bits per heavy atom. The molecule has 9 heteroatoms. The van der Waals surface area contributed by atoms with E-state index in [9.17, 15) is 5.26 Å². The first-order valence-corrected chi connectivity index (χ1v) is 13.6. The second-order valence-corrected chi connectivity index (χ2v) is 10.2. The second-order valence-electron chi connectivity index (χ2n) is 10.2. The maximum Gasteiger partial charge on any atom is 0.212 e. The molecule has 0 N–H and O–H groups in total. The van der Waals surface area contributed by atoms with Crippen LogP contribution < -0.4 is 19.1 Å². The highest BCUT2D eigenvalue weighted by Gasteiger charge is 2.31. The van der Waals surface area contributed by atoms with Gasteiger partial charge in [0.15, 0.2) is 11.5 Å². The summed E-state index contributed by atoms with van der Waals surface area (Å²) in [6, 6.07) is 16.7. The molecular formula is C31H32N6O3. The van der Waals surface area contributed by atoms with Crippen LogP contribution in [0.15, 0.2) is 54.9 Å². The van der Waals surface area contributed by atoms with Gasteiger partial charge in [-0.1, -0.05) is 12.1 Å². The minimum Gasteiger partial charge on any atom is -0.493 e. The van der Waals surface area contributed by atoms with Gasteiger partial charge >= 0.3 is 0 Å². The number of methoxy groups -OCH3 is 2. The predicted octanol–water partition coefficient (Wildman–Crippen LogP) is 4.37. The van der Waals surface area contributed by atoms with E-state index in [2.05, 4.69) is 25.8 Å². The largest absolute Gasteiger partial charge is 0.493 e. The Balaban J connectivity index is 1.19. The number of fused-ring (bicyclic) bond motifs is 1. The molecule has 0 bridgehead atoms. The van der Waals surface area contributed by atoms with Crippen molar-refractivity contribution < 1.29 is 14.2 Å². The lowest BCUT2D eigenvalue weighted by molar-refractivity contribution is 0.247. The van der Waals surface area contributed by atoms with Crippen molar-refractivity contribution in [3.8, 4) is 23.4 Å². The molecule has 2 fully saturated rings. The van der Waals surface area contributed by atoms with Crippen LogP contribution in [0, 0.1) is 11.3 Å². The van der Waals surface area contributed by atoms with Crippen molar-refractivity contribution in [2.45, 2.75) is 31.9 Å². The minimum absolute atomic E-state index is 0.354. The molecule has 40 heavy (non-hydrogen) atoms. The van der Waals surface area contributed by atoms with E-state index in [1.54, 1.807) is 26.5 Å². The average molecular weight is 537 g/mol. The molecule has 2 aliphatic rings. The number of nitriles is 1. The topological polar surface area (TPSA) is 96.6 Å². The smallest absolute Gasteiger partial charge is 0.212 e. The lowest BCUT2D eigenvalue weighted by Crippen LogP contribution is -2.47. The van der Waals surface area contributed by atoms with Gasteiger partial charge in [-0.2, -0.15) is 5.26 Å². The first-order chi connectivity index (χ1) is 19.6. The minimum atomic E-state index is 0.354. The summed E-state index contributed by atoms with van der Waals surface area (Å²) in [4.78, 5) is 18.7. The molecule has 6 rings (SSSR count). The standard InChI is InChI=1S/C31H32N6O3/c1-38-28-16-21(3-9-27(28)40-20-22-4-10-30(39-2)34-18-22)15-23-5-8-26-31(25(23)17-32)35-29(19-33-26)37-13-11-36(12-14-37)24-6-7-24/h3-5,8-10,16,18-19,24H,6-7,11-15,20H2,1-2H3. The molecule has 2 aromatic heterocycles. The molecular weight excluding hydrogens is 504 g/mol. The zero-order valence-corrected chi connectivity index (χ0v) is 22.8. The van der Waals surface area contributed by atoms with E-state index in [0.717, 1.165) is 60.2 Å². The summed E-state index contributed by atoms with van der Waals surface area (Å²) in [5.41, 5.74) is 4.78. The maximum absolute atomic E-state index is 10.2. The highest BCUT2D eigenvalue weighted by atomic mass is 16.5. The highest BCUT2D eigenvalue weighted by Crippen LogP contribution is 2.32. The third kappa shape index (κ3) is 5.49. The molecule has 1 aliphatic carbocycles. The van der Waals surface area contributed by atoms with Crippen LogP contribution in [0.5, 0.6) is 17.4 Å². The second kappa shape index (κ2) is 11.4. The van der Waals surface area contributed by atoms with Crippen molar-refractivity contribution >= 4 is 16.9 Å². The number of ether oxygens (including phenoxy) is 3.